The molecule has 1 atom stereocenters. The fourth-order valence-corrected chi connectivity index (χ4v) is 2.23. The van der Waals surface area contributed by atoms with Crippen LogP contribution in [-0.2, 0) is 20.4 Å². The molecule has 0 amide bonds. The Balaban J connectivity index is 2.04. The summed E-state index contributed by atoms with van der Waals surface area (Å²) in [6, 6.07) is 0.743. The first-order valence-corrected chi connectivity index (χ1v) is 7.44. The molecule has 6 nitrogen and oxygen atoms in total. The zero-order chi connectivity index (χ0) is 17.6. The van der Waals surface area contributed by atoms with Crippen LogP contribution in [0.15, 0.2) is 12.3 Å². The van der Waals surface area contributed by atoms with Crippen LogP contribution in [0.4, 0.5) is 13.2 Å². The van der Waals surface area contributed by atoms with Gasteiger partial charge in [0.2, 0.25) is 0 Å². The van der Waals surface area contributed by atoms with Crippen molar-refractivity contribution < 1.29 is 36.9 Å². The van der Waals surface area contributed by atoms with Crippen molar-refractivity contribution in [1.29, 1.82) is 0 Å². The van der Waals surface area contributed by atoms with Gasteiger partial charge in [0.15, 0.2) is 17.7 Å². The van der Waals surface area contributed by atoms with E-state index in [1.807, 2.05) is 0 Å². The Morgan fingerprint density at radius 2 is 2.17 bits per heavy atom. The number of hydrogen-bond donors (Lipinski definition) is 0. The van der Waals surface area contributed by atoms with E-state index in [1.165, 1.54) is 0 Å². The van der Waals surface area contributed by atoms with Crippen molar-refractivity contribution in [1.82, 2.24) is 4.98 Å². The first kappa shape index (κ1) is 18.5. The minimum atomic E-state index is -4.69. The summed E-state index contributed by atoms with van der Waals surface area (Å²) >= 11 is 0. The Morgan fingerprint density at radius 3 is 2.79 bits per heavy atom. The highest BCUT2D eigenvalue weighted by atomic mass is 19.4. The summed E-state index contributed by atoms with van der Waals surface area (Å²) in [4.78, 5) is 15.2. The van der Waals surface area contributed by atoms with Gasteiger partial charge in [-0.3, -0.25) is 0 Å². The monoisotopic (exact) mass is 349 g/mol. The lowest BCUT2D eigenvalue weighted by Crippen LogP contribution is -2.25. The standard InChI is InChI=1S/C15H18F3NO5/c1-21-14(20)12-13(10(5-6-19-12)15(16,17)18)24-9-8-23-11-4-2-3-7-22-11/h5-6,11H,2-4,7-9H2,1H3. The van der Waals surface area contributed by atoms with Gasteiger partial charge in [0.05, 0.1) is 13.7 Å². The Hall–Kier alpha value is -1.87. The molecule has 0 N–H and O–H groups in total. The van der Waals surface area contributed by atoms with E-state index in [2.05, 4.69) is 9.72 Å². The molecular formula is C15H18F3NO5. The second kappa shape index (κ2) is 8.29. The van der Waals surface area contributed by atoms with Crippen molar-refractivity contribution in [3.8, 4) is 5.75 Å². The molecule has 0 aromatic carbocycles. The van der Waals surface area contributed by atoms with Crippen LogP contribution in [0, 0.1) is 0 Å². The fourth-order valence-electron chi connectivity index (χ4n) is 2.23. The van der Waals surface area contributed by atoms with Crippen molar-refractivity contribution in [3.05, 3.63) is 23.5 Å². The molecule has 1 aliphatic rings. The van der Waals surface area contributed by atoms with Crippen LogP contribution >= 0.6 is 0 Å². The minimum absolute atomic E-state index is 0.0253. The number of ether oxygens (including phenoxy) is 4. The number of pyridine rings is 1. The van der Waals surface area contributed by atoms with Crippen molar-refractivity contribution in [3.63, 3.8) is 0 Å². The molecule has 1 saturated heterocycles. The number of aromatic nitrogens is 1. The number of carbonyl (C=O) groups is 1. The van der Waals surface area contributed by atoms with Gasteiger partial charge in [-0.2, -0.15) is 13.2 Å². The van der Waals surface area contributed by atoms with Gasteiger partial charge in [0.25, 0.3) is 0 Å². The predicted octanol–water partition coefficient (Wildman–Crippen LogP) is 2.81. The van der Waals surface area contributed by atoms with Crippen molar-refractivity contribution in [2.24, 2.45) is 0 Å². The number of methoxy groups -OCH3 is 1. The lowest BCUT2D eigenvalue weighted by atomic mass is 10.2. The van der Waals surface area contributed by atoms with Crippen molar-refractivity contribution in [2.75, 3.05) is 26.9 Å². The molecule has 9 heteroatoms. The third kappa shape index (κ3) is 4.81. The van der Waals surface area contributed by atoms with E-state index in [1.54, 1.807) is 0 Å². The average molecular weight is 349 g/mol. The van der Waals surface area contributed by atoms with Crippen LogP contribution in [0.1, 0.15) is 35.3 Å². The molecule has 0 bridgehead atoms. The molecule has 0 saturated carbocycles. The fraction of sp³-hybridized carbons (Fsp3) is 0.600. The number of nitrogens with zero attached hydrogens (tertiary/aromatic N) is 1. The third-order valence-electron chi connectivity index (χ3n) is 3.36. The van der Waals surface area contributed by atoms with Crippen LogP contribution in [-0.4, -0.2) is 44.2 Å². The van der Waals surface area contributed by atoms with E-state index in [-0.39, 0.29) is 19.5 Å². The van der Waals surface area contributed by atoms with Crippen LogP contribution < -0.4 is 4.74 Å². The van der Waals surface area contributed by atoms with Crippen LogP contribution in [0.3, 0.4) is 0 Å². The summed E-state index contributed by atoms with van der Waals surface area (Å²) in [5.41, 5.74) is -1.62. The van der Waals surface area contributed by atoms with Crippen LogP contribution in [0.2, 0.25) is 0 Å². The number of carbonyl (C=O) groups excluding carboxylic acids is 1. The largest absolute Gasteiger partial charge is 0.488 e. The van der Waals surface area contributed by atoms with Gasteiger partial charge in [-0.1, -0.05) is 0 Å². The Kier molecular flexibility index (Phi) is 6.38. The molecule has 1 aromatic rings. The molecule has 0 radical (unpaired) electrons. The highest BCUT2D eigenvalue weighted by Gasteiger charge is 2.37. The van der Waals surface area contributed by atoms with Gasteiger partial charge in [0.1, 0.15) is 12.2 Å². The first-order valence-electron chi connectivity index (χ1n) is 7.44. The molecule has 134 valence electrons. The van der Waals surface area contributed by atoms with Crippen LogP contribution in [0.25, 0.3) is 0 Å². The molecule has 1 aromatic heterocycles. The normalized spacial score (nSPS) is 18.2. The van der Waals surface area contributed by atoms with E-state index in [4.69, 9.17) is 14.2 Å². The molecule has 1 unspecified atom stereocenters. The second-order valence-electron chi connectivity index (χ2n) is 5.04. The molecule has 1 fully saturated rings. The van der Waals surface area contributed by atoms with E-state index < -0.39 is 29.2 Å². The average Bonchev–Trinajstić information content (AvgIpc) is 2.58. The van der Waals surface area contributed by atoms with Crippen molar-refractivity contribution in [2.45, 2.75) is 31.7 Å². The zero-order valence-corrected chi connectivity index (χ0v) is 13.1. The predicted molar refractivity (Wildman–Crippen MR) is 75.6 cm³/mol. The minimum Gasteiger partial charge on any atom is -0.488 e. The maximum Gasteiger partial charge on any atom is 0.420 e. The van der Waals surface area contributed by atoms with Gasteiger partial charge in [-0.05, 0) is 25.3 Å². The van der Waals surface area contributed by atoms with E-state index in [9.17, 15) is 18.0 Å². The zero-order valence-electron chi connectivity index (χ0n) is 13.1. The topological polar surface area (TPSA) is 66.9 Å². The van der Waals surface area contributed by atoms with Gasteiger partial charge < -0.3 is 18.9 Å². The number of rotatable bonds is 6. The smallest absolute Gasteiger partial charge is 0.420 e. The molecule has 0 spiro atoms. The molecular weight excluding hydrogens is 331 g/mol. The summed E-state index contributed by atoms with van der Waals surface area (Å²) in [6.07, 6.45) is -1.52. The summed E-state index contributed by atoms with van der Waals surface area (Å²) in [5, 5.41) is 0. The molecule has 1 aliphatic heterocycles. The molecule has 2 heterocycles. The summed E-state index contributed by atoms with van der Waals surface area (Å²) in [5.74, 6) is -1.67. The maximum absolute atomic E-state index is 13.1. The highest BCUT2D eigenvalue weighted by Crippen LogP contribution is 2.37. The molecule has 0 aliphatic carbocycles. The number of hydrogen-bond acceptors (Lipinski definition) is 6. The highest BCUT2D eigenvalue weighted by molar-refractivity contribution is 5.90. The SMILES string of the molecule is COC(=O)c1nccc(C(F)(F)F)c1OCCOC1CCCCO1. The van der Waals surface area contributed by atoms with Gasteiger partial charge in [0, 0.05) is 12.8 Å². The molecule has 2 rings (SSSR count). The summed E-state index contributed by atoms with van der Waals surface area (Å²) in [6.45, 7) is 0.439. The molecule has 24 heavy (non-hydrogen) atoms. The number of alkyl halides is 3. The van der Waals surface area contributed by atoms with Crippen molar-refractivity contribution >= 4 is 5.97 Å². The second-order valence-corrected chi connectivity index (χ2v) is 5.04. The summed E-state index contributed by atoms with van der Waals surface area (Å²) in [7, 11) is 1.05. The van der Waals surface area contributed by atoms with Gasteiger partial charge in [-0.25, -0.2) is 9.78 Å². The lowest BCUT2D eigenvalue weighted by Gasteiger charge is -2.23. The van der Waals surface area contributed by atoms with E-state index >= 15 is 0 Å². The lowest BCUT2D eigenvalue weighted by molar-refractivity contribution is -0.166. The first-order chi connectivity index (χ1) is 11.4. The van der Waals surface area contributed by atoms with E-state index in [0.717, 1.165) is 38.6 Å². The van der Waals surface area contributed by atoms with Crippen LogP contribution in [0.5, 0.6) is 5.75 Å². The van der Waals surface area contributed by atoms with E-state index in [0.29, 0.717) is 6.61 Å². The quantitative estimate of drug-likeness (QED) is 0.581. The third-order valence-corrected chi connectivity index (χ3v) is 3.36. The van der Waals surface area contributed by atoms with Gasteiger partial charge in [-0.15, -0.1) is 0 Å². The maximum atomic E-state index is 13.1. The number of halogens is 3. The Morgan fingerprint density at radius 1 is 1.38 bits per heavy atom. The summed E-state index contributed by atoms with van der Waals surface area (Å²) < 4.78 is 59.6. The Labute approximate surface area is 136 Å². The van der Waals surface area contributed by atoms with Gasteiger partial charge >= 0.3 is 12.1 Å². The number of esters is 1. The Bertz CT molecular complexity index is 559.